The monoisotopic (exact) mass is 428 g/mol. The Labute approximate surface area is 175 Å². The average molecular weight is 428 g/mol. The Morgan fingerprint density at radius 1 is 1.00 bits per heavy atom. The van der Waals surface area contributed by atoms with Gasteiger partial charge in [0.25, 0.3) is 17.5 Å². The lowest BCUT2D eigenvalue weighted by molar-refractivity contribution is -0.384. The van der Waals surface area contributed by atoms with Crippen molar-refractivity contribution in [3.05, 3.63) is 81.0 Å². The van der Waals surface area contributed by atoms with Crippen molar-refractivity contribution in [2.75, 3.05) is 19.0 Å². The van der Waals surface area contributed by atoms with Gasteiger partial charge in [0.2, 0.25) is 0 Å². The first-order valence-electron chi connectivity index (χ1n) is 8.68. The summed E-state index contributed by atoms with van der Waals surface area (Å²) in [5.74, 6) is -1.58. The number of nitro groups is 1. The highest BCUT2D eigenvalue weighted by Gasteiger charge is 2.19. The highest BCUT2D eigenvalue weighted by Crippen LogP contribution is 2.29. The van der Waals surface area contributed by atoms with Gasteiger partial charge in [-0.05, 0) is 42.0 Å². The lowest BCUT2D eigenvalue weighted by Crippen LogP contribution is -2.41. The van der Waals surface area contributed by atoms with Gasteiger partial charge in [-0.2, -0.15) is 0 Å². The molecule has 154 valence electrons. The third-order valence-electron chi connectivity index (χ3n) is 4.16. The third kappa shape index (κ3) is 4.61. The second kappa shape index (κ2) is 8.70. The van der Waals surface area contributed by atoms with Gasteiger partial charge in [0.1, 0.15) is 11.5 Å². The van der Waals surface area contributed by atoms with Crippen LogP contribution in [0.4, 0.5) is 15.8 Å². The molecule has 0 unspecified atom stereocenters. The van der Waals surface area contributed by atoms with E-state index in [1.54, 1.807) is 43.3 Å². The molecule has 0 spiro atoms. The zero-order chi connectivity index (χ0) is 21.8. The van der Waals surface area contributed by atoms with Crippen molar-refractivity contribution in [2.45, 2.75) is 0 Å². The van der Waals surface area contributed by atoms with E-state index < -0.39 is 16.7 Å². The van der Waals surface area contributed by atoms with Crippen molar-refractivity contribution < 1.29 is 18.9 Å². The van der Waals surface area contributed by atoms with Gasteiger partial charge in [-0.25, -0.2) is 4.39 Å². The maximum absolute atomic E-state index is 13.0. The summed E-state index contributed by atoms with van der Waals surface area (Å²) in [5.41, 5.74) is 5.47. The first-order valence-corrected chi connectivity index (χ1v) is 9.50. The lowest BCUT2D eigenvalue weighted by Gasteiger charge is -2.13. The summed E-state index contributed by atoms with van der Waals surface area (Å²) >= 11 is 1.18. The van der Waals surface area contributed by atoms with E-state index in [1.165, 1.54) is 35.6 Å². The number of nitrogens with zero attached hydrogens (tertiary/aromatic N) is 2. The number of carbonyl (C=O) groups excluding carboxylic acids is 2. The van der Waals surface area contributed by atoms with E-state index in [1.807, 2.05) is 0 Å². The number of hydrazine groups is 1. The van der Waals surface area contributed by atoms with Gasteiger partial charge in [0, 0.05) is 30.6 Å². The summed E-state index contributed by atoms with van der Waals surface area (Å²) in [6.45, 7) is 0. The van der Waals surface area contributed by atoms with Gasteiger partial charge in [-0.3, -0.25) is 30.6 Å². The van der Waals surface area contributed by atoms with Crippen LogP contribution >= 0.6 is 11.3 Å². The van der Waals surface area contributed by atoms with Crippen LogP contribution in [-0.4, -0.2) is 30.8 Å². The van der Waals surface area contributed by atoms with Gasteiger partial charge in [0.05, 0.1) is 9.80 Å². The molecule has 0 radical (unpaired) electrons. The number of amides is 2. The predicted molar refractivity (Wildman–Crippen MR) is 112 cm³/mol. The van der Waals surface area contributed by atoms with E-state index in [-0.39, 0.29) is 17.1 Å². The molecular weight excluding hydrogens is 411 g/mol. The molecule has 8 nitrogen and oxygen atoms in total. The number of halogens is 1. The topological polar surface area (TPSA) is 105 Å². The summed E-state index contributed by atoms with van der Waals surface area (Å²) in [5, 5.41) is 11.2. The van der Waals surface area contributed by atoms with Crippen LogP contribution in [0.15, 0.2) is 54.6 Å². The fourth-order valence-corrected chi connectivity index (χ4v) is 3.57. The molecule has 0 saturated carbocycles. The van der Waals surface area contributed by atoms with E-state index in [4.69, 9.17) is 0 Å². The summed E-state index contributed by atoms with van der Waals surface area (Å²) < 4.78 is 13.0. The van der Waals surface area contributed by atoms with Crippen LogP contribution in [0.3, 0.4) is 0 Å². The van der Waals surface area contributed by atoms with Crippen molar-refractivity contribution in [1.82, 2.24) is 10.9 Å². The summed E-state index contributed by atoms with van der Waals surface area (Å²) in [7, 11) is 3.31. The molecule has 2 amide bonds. The van der Waals surface area contributed by atoms with Crippen molar-refractivity contribution >= 4 is 34.5 Å². The van der Waals surface area contributed by atoms with Gasteiger partial charge < -0.3 is 4.90 Å². The first-order chi connectivity index (χ1) is 14.3. The molecule has 30 heavy (non-hydrogen) atoms. The molecular formula is C20H17FN4O4S. The van der Waals surface area contributed by atoms with E-state index in [2.05, 4.69) is 10.9 Å². The van der Waals surface area contributed by atoms with E-state index in [0.29, 0.717) is 10.6 Å². The Morgan fingerprint density at radius 3 is 2.30 bits per heavy atom. The Bertz CT molecular complexity index is 1110. The van der Waals surface area contributed by atoms with Crippen LogP contribution < -0.4 is 15.8 Å². The van der Waals surface area contributed by atoms with Crippen LogP contribution in [0.1, 0.15) is 20.0 Å². The Hall–Kier alpha value is -3.79. The summed E-state index contributed by atoms with van der Waals surface area (Å²) in [6, 6.07) is 13.2. The Morgan fingerprint density at radius 2 is 1.67 bits per heavy atom. The SMILES string of the molecule is CN(C)c1ccc(C(=O)NNC(=O)c2ccc(-c3ccc(F)cc3)s2)cc1[N+](=O)[O-]. The van der Waals surface area contributed by atoms with Crippen molar-refractivity contribution in [3.8, 4) is 10.4 Å². The maximum atomic E-state index is 13.0. The molecule has 3 rings (SSSR count). The van der Waals surface area contributed by atoms with Gasteiger partial charge in [-0.15, -0.1) is 11.3 Å². The van der Waals surface area contributed by atoms with Gasteiger partial charge in [0.15, 0.2) is 0 Å². The molecule has 0 aliphatic heterocycles. The second-order valence-electron chi connectivity index (χ2n) is 6.43. The highest BCUT2D eigenvalue weighted by molar-refractivity contribution is 7.17. The zero-order valence-electron chi connectivity index (χ0n) is 16.0. The molecule has 10 heteroatoms. The molecule has 1 aromatic heterocycles. The van der Waals surface area contributed by atoms with Gasteiger partial charge >= 0.3 is 0 Å². The van der Waals surface area contributed by atoms with Crippen molar-refractivity contribution in [2.24, 2.45) is 0 Å². The lowest BCUT2D eigenvalue weighted by atomic mass is 10.1. The number of rotatable bonds is 5. The number of hydrogen-bond donors (Lipinski definition) is 2. The number of nitrogens with one attached hydrogen (secondary N) is 2. The Balaban J connectivity index is 1.68. The molecule has 2 N–H and O–H groups in total. The van der Waals surface area contributed by atoms with Gasteiger partial charge in [-0.1, -0.05) is 12.1 Å². The van der Waals surface area contributed by atoms with Crippen LogP contribution in [0.25, 0.3) is 10.4 Å². The van der Waals surface area contributed by atoms with Crippen LogP contribution in [-0.2, 0) is 0 Å². The normalized spacial score (nSPS) is 10.4. The Kier molecular flexibility index (Phi) is 6.07. The minimum atomic E-state index is -0.688. The van der Waals surface area contributed by atoms with Crippen molar-refractivity contribution in [3.63, 3.8) is 0 Å². The van der Waals surface area contributed by atoms with Crippen molar-refractivity contribution in [1.29, 1.82) is 0 Å². The molecule has 0 fully saturated rings. The summed E-state index contributed by atoms with van der Waals surface area (Å²) in [4.78, 5) is 37.9. The minimum absolute atomic E-state index is 0.0331. The molecule has 0 saturated heterocycles. The predicted octanol–water partition coefficient (Wildman–Crippen LogP) is 3.60. The number of anilines is 1. The number of thiophene rings is 1. The van der Waals surface area contributed by atoms with E-state index >= 15 is 0 Å². The third-order valence-corrected chi connectivity index (χ3v) is 5.30. The number of benzene rings is 2. The molecule has 3 aromatic rings. The van der Waals surface area contributed by atoms with Crippen LogP contribution in [0.5, 0.6) is 0 Å². The standard InChI is InChI=1S/C20H17FN4O4S/c1-24(2)15-8-5-13(11-16(15)25(28)29)19(26)22-23-20(27)18-10-9-17(30-18)12-3-6-14(21)7-4-12/h3-11H,1-2H3,(H,22,26)(H,23,27). The fraction of sp³-hybridized carbons (Fsp3) is 0.100. The maximum Gasteiger partial charge on any atom is 0.293 e. The quantitative estimate of drug-likeness (QED) is 0.477. The fourth-order valence-electron chi connectivity index (χ4n) is 2.67. The second-order valence-corrected chi connectivity index (χ2v) is 7.52. The zero-order valence-corrected chi connectivity index (χ0v) is 16.8. The highest BCUT2D eigenvalue weighted by atomic mass is 32.1. The van der Waals surface area contributed by atoms with Crippen LogP contribution in [0, 0.1) is 15.9 Å². The minimum Gasteiger partial charge on any atom is -0.372 e. The number of carbonyl (C=O) groups is 2. The number of hydrogen-bond acceptors (Lipinski definition) is 6. The average Bonchev–Trinajstić information content (AvgIpc) is 3.22. The molecule has 1 heterocycles. The smallest absolute Gasteiger partial charge is 0.293 e. The molecule has 0 aliphatic rings. The molecule has 0 aliphatic carbocycles. The summed E-state index contributed by atoms with van der Waals surface area (Å²) in [6.07, 6.45) is 0. The molecule has 2 aromatic carbocycles. The first kappa shape index (κ1) is 20.9. The van der Waals surface area contributed by atoms with Crippen LogP contribution in [0.2, 0.25) is 0 Å². The van der Waals surface area contributed by atoms with E-state index in [0.717, 1.165) is 16.5 Å². The largest absolute Gasteiger partial charge is 0.372 e. The number of nitro benzene ring substituents is 1. The van der Waals surface area contributed by atoms with E-state index in [9.17, 15) is 24.1 Å². The molecule has 0 atom stereocenters. The molecule has 0 bridgehead atoms.